The fourth-order valence-electron chi connectivity index (χ4n) is 4.11. The summed E-state index contributed by atoms with van der Waals surface area (Å²) in [7, 11) is 0. The highest BCUT2D eigenvalue weighted by atomic mass is 19.3. The molecule has 1 aliphatic heterocycles. The molecule has 0 bridgehead atoms. The molecule has 2 fully saturated rings. The van der Waals surface area contributed by atoms with Crippen molar-refractivity contribution in [3.63, 3.8) is 0 Å². The largest absolute Gasteiger partial charge is 0.370 e. The van der Waals surface area contributed by atoms with Gasteiger partial charge in [0.25, 0.3) is 12.3 Å². The molecular weight excluding hydrogens is 406 g/mol. The van der Waals surface area contributed by atoms with Crippen LogP contribution >= 0.6 is 0 Å². The maximum absolute atomic E-state index is 13.8. The first-order valence-electron chi connectivity index (χ1n) is 10.9. The molecule has 1 aromatic rings. The molecule has 2 aliphatic rings. The van der Waals surface area contributed by atoms with Crippen LogP contribution in [0, 0.1) is 5.92 Å². The second-order valence-corrected chi connectivity index (χ2v) is 8.59. The number of morpholine rings is 1. The van der Waals surface area contributed by atoms with E-state index in [1.807, 2.05) is 0 Å². The number of ether oxygens (including phenoxy) is 1. The number of carbonyl (C=O) groups is 2. The van der Waals surface area contributed by atoms with E-state index in [-0.39, 0.29) is 55.1 Å². The van der Waals surface area contributed by atoms with Crippen LogP contribution in [-0.2, 0) is 14.3 Å². The van der Waals surface area contributed by atoms with Gasteiger partial charge in [-0.1, -0.05) is 20.3 Å². The number of nitrogens with two attached hydrogens (primary N) is 1. The third-order valence-corrected chi connectivity index (χ3v) is 5.85. The number of hydrogen-bond acceptors (Lipinski definition) is 5. The molecular formula is C22H32F2N4O3. The Morgan fingerprint density at radius 2 is 2.10 bits per heavy atom. The van der Waals surface area contributed by atoms with Gasteiger partial charge in [0.2, 0.25) is 5.91 Å². The van der Waals surface area contributed by atoms with E-state index in [2.05, 4.69) is 24.1 Å². The minimum absolute atomic E-state index is 0.133. The first-order chi connectivity index (χ1) is 14.8. The van der Waals surface area contributed by atoms with Crippen LogP contribution in [0.5, 0.6) is 0 Å². The zero-order valence-corrected chi connectivity index (χ0v) is 18.2. The molecule has 1 saturated heterocycles. The van der Waals surface area contributed by atoms with Gasteiger partial charge in [-0.05, 0) is 37.0 Å². The van der Waals surface area contributed by atoms with E-state index >= 15 is 0 Å². The first-order valence-corrected chi connectivity index (χ1v) is 10.9. The summed E-state index contributed by atoms with van der Waals surface area (Å²) in [5.41, 5.74) is 6.07. The Bertz CT molecular complexity index is 786. The monoisotopic (exact) mass is 438 g/mol. The summed E-state index contributed by atoms with van der Waals surface area (Å²) >= 11 is 0. The summed E-state index contributed by atoms with van der Waals surface area (Å²) in [5, 5.41) is 2.76. The highest BCUT2D eigenvalue weighted by Crippen LogP contribution is 2.33. The number of halogens is 2. The number of anilines is 2. The quantitative estimate of drug-likeness (QED) is 0.619. The molecule has 0 aromatic heterocycles. The molecule has 0 unspecified atom stereocenters. The van der Waals surface area contributed by atoms with E-state index in [0.29, 0.717) is 12.0 Å². The summed E-state index contributed by atoms with van der Waals surface area (Å²) in [6, 6.07) is 4.04. The standard InChI is InChI=1S/C22H32F2N4O3/c1-14(2)12-28(16-4-3-5-16)19(11-25)22(30)26-15-6-7-18(17(10-15)21(23)24)27-8-9-31-13-20(27)29/h6-7,10,14,16,19,21H,3-5,8-9,11-13,25H2,1-2H3,(H,26,30)/t19-/m0/s1. The van der Waals surface area contributed by atoms with E-state index in [9.17, 15) is 18.4 Å². The van der Waals surface area contributed by atoms with Crippen molar-refractivity contribution in [1.29, 1.82) is 0 Å². The minimum Gasteiger partial charge on any atom is -0.370 e. The first kappa shape index (κ1) is 23.6. The van der Waals surface area contributed by atoms with E-state index in [0.717, 1.165) is 25.8 Å². The number of nitrogens with zero attached hydrogens (tertiary/aromatic N) is 2. The van der Waals surface area contributed by atoms with Crippen molar-refractivity contribution in [1.82, 2.24) is 4.90 Å². The molecule has 1 atom stereocenters. The van der Waals surface area contributed by atoms with Crippen molar-refractivity contribution < 1.29 is 23.1 Å². The van der Waals surface area contributed by atoms with Crippen LogP contribution in [0.4, 0.5) is 20.2 Å². The number of benzene rings is 1. The zero-order valence-electron chi connectivity index (χ0n) is 18.2. The molecule has 1 aliphatic carbocycles. The van der Waals surface area contributed by atoms with Crippen molar-refractivity contribution >= 4 is 23.2 Å². The molecule has 3 rings (SSSR count). The molecule has 1 aromatic carbocycles. The van der Waals surface area contributed by atoms with E-state index < -0.39 is 12.5 Å². The summed E-state index contributed by atoms with van der Waals surface area (Å²) in [6.45, 7) is 5.46. The SMILES string of the molecule is CC(C)CN(C1CCC1)[C@@H](CN)C(=O)Nc1ccc(N2CCOCC2=O)c(C(F)F)c1. The van der Waals surface area contributed by atoms with Crippen LogP contribution < -0.4 is 16.0 Å². The molecule has 0 radical (unpaired) electrons. The Morgan fingerprint density at radius 3 is 2.65 bits per heavy atom. The lowest BCUT2D eigenvalue weighted by Gasteiger charge is -2.42. The smallest absolute Gasteiger partial charge is 0.265 e. The maximum atomic E-state index is 13.8. The molecule has 31 heavy (non-hydrogen) atoms. The average molecular weight is 439 g/mol. The van der Waals surface area contributed by atoms with Crippen molar-refractivity contribution in [3.8, 4) is 0 Å². The number of hydrogen-bond donors (Lipinski definition) is 2. The number of carbonyl (C=O) groups excluding carboxylic acids is 2. The number of rotatable bonds is 9. The van der Waals surface area contributed by atoms with Gasteiger partial charge in [-0.3, -0.25) is 14.5 Å². The summed E-state index contributed by atoms with van der Waals surface area (Å²) < 4.78 is 32.6. The van der Waals surface area contributed by atoms with E-state index in [4.69, 9.17) is 10.5 Å². The van der Waals surface area contributed by atoms with Gasteiger partial charge in [-0.25, -0.2) is 8.78 Å². The van der Waals surface area contributed by atoms with Gasteiger partial charge < -0.3 is 20.7 Å². The fourth-order valence-corrected chi connectivity index (χ4v) is 4.11. The van der Waals surface area contributed by atoms with Crippen molar-refractivity contribution in [2.75, 3.05) is 43.1 Å². The lowest BCUT2D eigenvalue weighted by molar-refractivity contribution is -0.125. The summed E-state index contributed by atoms with van der Waals surface area (Å²) in [4.78, 5) is 28.6. The summed E-state index contributed by atoms with van der Waals surface area (Å²) in [5.74, 6) is -0.290. The van der Waals surface area contributed by atoms with Crippen LogP contribution in [0.2, 0.25) is 0 Å². The van der Waals surface area contributed by atoms with Crippen LogP contribution in [0.3, 0.4) is 0 Å². The number of alkyl halides is 2. The second kappa shape index (κ2) is 10.5. The van der Waals surface area contributed by atoms with Crippen LogP contribution in [0.25, 0.3) is 0 Å². The molecule has 9 heteroatoms. The Balaban J connectivity index is 1.79. The number of nitrogens with one attached hydrogen (secondary N) is 1. The van der Waals surface area contributed by atoms with Gasteiger partial charge in [0.1, 0.15) is 12.6 Å². The Morgan fingerprint density at radius 1 is 1.35 bits per heavy atom. The van der Waals surface area contributed by atoms with Gasteiger partial charge >= 0.3 is 0 Å². The minimum atomic E-state index is -2.79. The second-order valence-electron chi connectivity index (χ2n) is 8.59. The van der Waals surface area contributed by atoms with Crippen LogP contribution in [0.15, 0.2) is 18.2 Å². The van der Waals surface area contributed by atoms with Gasteiger partial charge in [-0.2, -0.15) is 0 Å². The highest BCUT2D eigenvalue weighted by Gasteiger charge is 2.34. The highest BCUT2D eigenvalue weighted by molar-refractivity contribution is 5.98. The predicted octanol–water partition coefficient (Wildman–Crippen LogP) is 2.76. The van der Waals surface area contributed by atoms with Crippen molar-refractivity contribution in [2.24, 2.45) is 11.7 Å². The van der Waals surface area contributed by atoms with Gasteiger partial charge in [0, 0.05) is 36.9 Å². The van der Waals surface area contributed by atoms with E-state index in [1.165, 1.54) is 17.0 Å². The van der Waals surface area contributed by atoms with Crippen molar-refractivity contribution in [2.45, 2.75) is 51.6 Å². The van der Waals surface area contributed by atoms with Crippen LogP contribution in [0.1, 0.15) is 45.1 Å². The number of amides is 2. The zero-order chi connectivity index (χ0) is 22.5. The molecule has 1 saturated carbocycles. The third-order valence-electron chi connectivity index (χ3n) is 5.85. The molecule has 3 N–H and O–H groups in total. The Hall–Kier alpha value is -2.10. The molecule has 172 valence electrons. The molecule has 2 amide bonds. The Kier molecular flexibility index (Phi) is 7.96. The molecule has 0 spiro atoms. The molecule has 1 heterocycles. The lowest BCUT2D eigenvalue weighted by atomic mass is 9.89. The maximum Gasteiger partial charge on any atom is 0.265 e. The van der Waals surface area contributed by atoms with Gasteiger partial charge in [0.15, 0.2) is 0 Å². The topological polar surface area (TPSA) is 87.9 Å². The average Bonchev–Trinajstić information content (AvgIpc) is 2.67. The van der Waals surface area contributed by atoms with E-state index in [1.54, 1.807) is 6.07 Å². The summed E-state index contributed by atoms with van der Waals surface area (Å²) in [6.07, 6.45) is 0.417. The fraction of sp³-hybridized carbons (Fsp3) is 0.636. The van der Waals surface area contributed by atoms with Gasteiger partial charge in [-0.15, -0.1) is 0 Å². The predicted molar refractivity (Wildman–Crippen MR) is 115 cm³/mol. The molecule has 7 nitrogen and oxygen atoms in total. The Labute approximate surface area is 181 Å². The normalized spacial score (nSPS) is 18.6. The van der Waals surface area contributed by atoms with Crippen molar-refractivity contribution in [3.05, 3.63) is 23.8 Å². The van der Waals surface area contributed by atoms with Crippen LogP contribution in [-0.4, -0.2) is 61.6 Å². The van der Waals surface area contributed by atoms with Gasteiger partial charge in [0.05, 0.1) is 12.3 Å². The lowest BCUT2D eigenvalue weighted by Crippen LogP contribution is -2.55. The third kappa shape index (κ3) is 5.58.